The zero-order valence-corrected chi connectivity index (χ0v) is 11.6. The third-order valence-corrected chi connectivity index (χ3v) is 3.01. The van der Waals surface area contributed by atoms with E-state index in [9.17, 15) is 9.18 Å². The van der Waals surface area contributed by atoms with Gasteiger partial charge in [-0.05, 0) is 25.1 Å². The largest absolute Gasteiger partial charge is 0.494 e. The molecule has 110 valence electrons. The molecule has 0 fully saturated rings. The Morgan fingerprint density at radius 1 is 1.60 bits per heavy atom. The first-order valence-corrected chi connectivity index (χ1v) is 5.97. The highest BCUT2D eigenvalue weighted by Crippen LogP contribution is 2.19. The SMILES string of the molecule is COc1ccc(C(=O)N(C)C(C)CC(N)=NO)cc1F. The normalized spacial score (nSPS) is 12.9. The molecule has 0 aromatic heterocycles. The smallest absolute Gasteiger partial charge is 0.253 e. The summed E-state index contributed by atoms with van der Waals surface area (Å²) in [5.74, 6) is -0.854. The number of rotatable bonds is 5. The molecule has 1 aromatic carbocycles. The van der Waals surface area contributed by atoms with E-state index in [2.05, 4.69) is 5.16 Å². The predicted octanol–water partition coefficient (Wildman–Crippen LogP) is 1.43. The van der Waals surface area contributed by atoms with Gasteiger partial charge in [-0.2, -0.15) is 0 Å². The van der Waals surface area contributed by atoms with E-state index in [0.717, 1.165) is 6.07 Å². The number of nitrogens with two attached hydrogens (primary N) is 1. The Kier molecular flexibility index (Phi) is 5.31. The number of halogens is 1. The number of benzene rings is 1. The molecule has 0 saturated heterocycles. The molecule has 1 aromatic rings. The Hall–Kier alpha value is -2.31. The van der Waals surface area contributed by atoms with E-state index < -0.39 is 5.82 Å². The summed E-state index contributed by atoms with van der Waals surface area (Å²) in [5, 5.41) is 11.4. The van der Waals surface area contributed by atoms with Crippen molar-refractivity contribution in [2.75, 3.05) is 14.2 Å². The number of hydrogen-bond acceptors (Lipinski definition) is 4. The summed E-state index contributed by atoms with van der Waals surface area (Å²) in [5.41, 5.74) is 5.60. The number of methoxy groups -OCH3 is 1. The maximum absolute atomic E-state index is 13.6. The van der Waals surface area contributed by atoms with Crippen LogP contribution in [0.4, 0.5) is 4.39 Å². The van der Waals surface area contributed by atoms with Gasteiger partial charge in [-0.1, -0.05) is 5.16 Å². The van der Waals surface area contributed by atoms with E-state index in [-0.39, 0.29) is 35.5 Å². The summed E-state index contributed by atoms with van der Waals surface area (Å²) >= 11 is 0. The van der Waals surface area contributed by atoms with E-state index >= 15 is 0 Å². The van der Waals surface area contributed by atoms with E-state index in [0.29, 0.717) is 0 Å². The molecular formula is C13H18FN3O3. The van der Waals surface area contributed by atoms with Crippen LogP contribution in [0.1, 0.15) is 23.7 Å². The summed E-state index contributed by atoms with van der Waals surface area (Å²) in [6.45, 7) is 1.75. The van der Waals surface area contributed by atoms with Crippen molar-refractivity contribution in [3.63, 3.8) is 0 Å². The molecule has 0 saturated carbocycles. The maximum Gasteiger partial charge on any atom is 0.253 e. The molecule has 1 rings (SSSR count). The lowest BCUT2D eigenvalue weighted by molar-refractivity contribution is 0.0746. The van der Waals surface area contributed by atoms with Crippen LogP contribution in [0.3, 0.4) is 0 Å². The second-order valence-electron chi connectivity index (χ2n) is 4.41. The van der Waals surface area contributed by atoms with Crippen molar-refractivity contribution in [2.45, 2.75) is 19.4 Å². The molecule has 0 bridgehead atoms. The highest BCUT2D eigenvalue weighted by molar-refractivity contribution is 5.94. The fraction of sp³-hybridized carbons (Fsp3) is 0.385. The molecule has 0 radical (unpaired) electrons. The zero-order valence-electron chi connectivity index (χ0n) is 11.6. The number of amidine groups is 1. The zero-order chi connectivity index (χ0) is 15.3. The van der Waals surface area contributed by atoms with Gasteiger partial charge in [-0.15, -0.1) is 0 Å². The van der Waals surface area contributed by atoms with Crippen LogP contribution in [-0.2, 0) is 0 Å². The van der Waals surface area contributed by atoms with Gasteiger partial charge < -0.3 is 20.6 Å². The van der Waals surface area contributed by atoms with Crippen LogP contribution in [0, 0.1) is 5.82 Å². The minimum atomic E-state index is -0.601. The number of carbonyl (C=O) groups is 1. The molecule has 0 heterocycles. The lowest BCUT2D eigenvalue weighted by atomic mass is 10.1. The highest BCUT2D eigenvalue weighted by Gasteiger charge is 2.19. The molecule has 0 aliphatic rings. The predicted molar refractivity (Wildman–Crippen MR) is 72.5 cm³/mol. The van der Waals surface area contributed by atoms with Crippen LogP contribution in [0.2, 0.25) is 0 Å². The number of nitrogens with zero attached hydrogens (tertiary/aromatic N) is 2. The number of carbonyl (C=O) groups excluding carboxylic acids is 1. The number of hydrogen-bond donors (Lipinski definition) is 2. The van der Waals surface area contributed by atoms with Crippen molar-refractivity contribution in [3.05, 3.63) is 29.6 Å². The molecule has 0 aliphatic heterocycles. The Morgan fingerprint density at radius 3 is 2.75 bits per heavy atom. The number of ether oxygens (including phenoxy) is 1. The molecular weight excluding hydrogens is 265 g/mol. The van der Waals surface area contributed by atoms with Gasteiger partial charge in [0.1, 0.15) is 5.84 Å². The summed E-state index contributed by atoms with van der Waals surface area (Å²) in [6.07, 6.45) is 0.220. The molecule has 0 spiro atoms. The number of oxime groups is 1. The lowest BCUT2D eigenvalue weighted by Crippen LogP contribution is -2.37. The summed E-state index contributed by atoms with van der Waals surface area (Å²) < 4.78 is 18.4. The van der Waals surface area contributed by atoms with Gasteiger partial charge in [0.15, 0.2) is 11.6 Å². The molecule has 3 N–H and O–H groups in total. The first kappa shape index (κ1) is 15.7. The topological polar surface area (TPSA) is 88.2 Å². The van der Waals surface area contributed by atoms with Gasteiger partial charge in [0.25, 0.3) is 5.91 Å². The van der Waals surface area contributed by atoms with Gasteiger partial charge in [0.05, 0.1) is 7.11 Å². The monoisotopic (exact) mass is 283 g/mol. The molecule has 7 heteroatoms. The van der Waals surface area contributed by atoms with Crippen LogP contribution >= 0.6 is 0 Å². The van der Waals surface area contributed by atoms with Gasteiger partial charge in [0, 0.05) is 25.1 Å². The molecule has 1 amide bonds. The van der Waals surface area contributed by atoms with E-state index in [1.807, 2.05) is 0 Å². The maximum atomic E-state index is 13.6. The number of amides is 1. The second-order valence-corrected chi connectivity index (χ2v) is 4.41. The van der Waals surface area contributed by atoms with Crippen LogP contribution in [0.15, 0.2) is 23.4 Å². The molecule has 6 nitrogen and oxygen atoms in total. The Labute approximate surface area is 116 Å². The van der Waals surface area contributed by atoms with Gasteiger partial charge in [-0.25, -0.2) is 4.39 Å². The highest BCUT2D eigenvalue weighted by atomic mass is 19.1. The van der Waals surface area contributed by atoms with E-state index in [1.54, 1.807) is 14.0 Å². The second kappa shape index (κ2) is 6.74. The average molecular weight is 283 g/mol. The van der Waals surface area contributed by atoms with Crippen LogP contribution in [0.5, 0.6) is 5.75 Å². The Balaban J connectivity index is 2.86. The van der Waals surface area contributed by atoms with Crippen molar-refractivity contribution in [1.29, 1.82) is 0 Å². The Bertz CT molecular complexity index is 520. The third kappa shape index (κ3) is 3.59. The third-order valence-electron chi connectivity index (χ3n) is 3.01. The van der Waals surface area contributed by atoms with Crippen molar-refractivity contribution in [3.8, 4) is 5.75 Å². The van der Waals surface area contributed by atoms with E-state index in [1.165, 1.54) is 24.1 Å². The quantitative estimate of drug-likeness (QED) is 0.370. The minimum Gasteiger partial charge on any atom is -0.494 e. The fourth-order valence-electron chi connectivity index (χ4n) is 1.68. The molecule has 1 unspecified atom stereocenters. The average Bonchev–Trinajstić information content (AvgIpc) is 2.45. The van der Waals surface area contributed by atoms with Crippen molar-refractivity contribution < 1.29 is 19.1 Å². The molecule has 0 aliphatic carbocycles. The van der Waals surface area contributed by atoms with Gasteiger partial charge in [0.2, 0.25) is 0 Å². The molecule has 20 heavy (non-hydrogen) atoms. The minimum absolute atomic E-state index is 0.0260. The summed E-state index contributed by atoms with van der Waals surface area (Å²) in [6, 6.07) is 3.71. The lowest BCUT2D eigenvalue weighted by Gasteiger charge is -2.24. The fourth-order valence-corrected chi connectivity index (χ4v) is 1.68. The van der Waals surface area contributed by atoms with Gasteiger partial charge >= 0.3 is 0 Å². The van der Waals surface area contributed by atoms with Crippen molar-refractivity contribution in [1.82, 2.24) is 4.90 Å². The Morgan fingerprint density at radius 2 is 2.25 bits per heavy atom. The van der Waals surface area contributed by atoms with E-state index in [4.69, 9.17) is 15.7 Å². The first-order valence-electron chi connectivity index (χ1n) is 5.97. The standard InChI is InChI=1S/C13H18FN3O3/c1-8(6-12(15)16-19)17(2)13(18)9-4-5-11(20-3)10(14)7-9/h4-5,7-8,19H,6H2,1-3H3,(H2,15,16). The summed E-state index contributed by atoms with van der Waals surface area (Å²) in [7, 11) is 2.92. The van der Waals surface area contributed by atoms with Crippen molar-refractivity contribution >= 4 is 11.7 Å². The van der Waals surface area contributed by atoms with Crippen molar-refractivity contribution in [2.24, 2.45) is 10.9 Å². The first-order chi connectivity index (χ1) is 9.40. The summed E-state index contributed by atoms with van der Waals surface area (Å²) in [4.78, 5) is 13.6. The van der Waals surface area contributed by atoms with Crippen LogP contribution in [-0.4, -0.2) is 42.0 Å². The molecule has 1 atom stereocenters. The van der Waals surface area contributed by atoms with Crippen LogP contribution < -0.4 is 10.5 Å². The van der Waals surface area contributed by atoms with Crippen LogP contribution in [0.25, 0.3) is 0 Å². The van der Waals surface area contributed by atoms with Gasteiger partial charge in [-0.3, -0.25) is 4.79 Å².